The summed E-state index contributed by atoms with van der Waals surface area (Å²) in [7, 11) is 0. The zero-order chi connectivity index (χ0) is 22.3. The molecule has 0 N–H and O–H groups in total. The molecule has 33 heavy (non-hydrogen) atoms. The number of aromatic nitrogens is 2. The summed E-state index contributed by atoms with van der Waals surface area (Å²) in [5.41, 5.74) is 5.36. The lowest BCUT2D eigenvalue weighted by Crippen LogP contribution is -2.43. The second kappa shape index (κ2) is 7.86. The summed E-state index contributed by atoms with van der Waals surface area (Å²) < 4.78 is 2.27. The van der Waals surface area contributed by atoms with E-state index < -0.39 is 5.41 Å². The Labute approximate surface area is 193 Å². The Hall–Kier alpha value is -3.98. The Morgan fingerprint density at radius 3 is 1.97 bits per heavy atom. The van der Waals surface area contributed by atoms with E-state index in [1.54, 1.807) is 0 Å². The molecule has 1 aliphatic rings. The van der Waals surface area contributed by atoms with Gasteiger partial charge in [0.1, 0.15) is 5.82 Å². The fourth-order valence-corrected chi connectivity index (χ4v) is 5.46. The van der Waals surface area contributed by atoms with Crippen molar-refractivity contribution in [2.24, 2.45) is 0 Å². The van der Waals surface area contributed by atoms with E-state index in [-0.39, 0.29) is 5.56 Å². The van der Waals surface area contributed by atoms with Crippen LogP contribution in [0.4, 0.5) is 0 Å². The van der Waals surface area contributed by atoms with Gasteiger partial charge in [-0.3, -0.25) is 4.79 Å². The quantitative estimate of drug-likeness (QED) is 0.377. The standard InChI is InChI=1S/C30H24N2O/c33-28-25-16-8-10-18-27(25)32-21-24-15-7-9-17-26(24)30(29(32)31-28,19-22-11-3-1-4-12-22)20-23-13-5-2-6-14-23/h1-18H,19-21H2. The van der Waals surface area contributed by atoms with Gasteiger partial charge in [0.15, 0.2) is 0 Å². The fraction of sp³-hybridized carbons (Fsp3) is 0.133. The molecule has 0 amide bonds. The van der Waals surface area contributed by atoms with Gasteiger partial charge in [0, 0.05) is 6.54 Å². The average molecular weight is 429 g/mol. The van der Waals surface area contributed by atoms with E-state index in [0.29, 0.717) is 11.9 Å². The maximum Gasteiger partial charge on any atom is 0.280 e. The molecule has 0 radical (unpaired) electrons. The Balaban J connectivity index is 1.70. The van der Waals surface area contributed by atoms with Crippen molar-refractivity contribution < 1.29 is 0 Å². The highest BCUT2D eigenvalue weighted by Crippen LogP contribution is 2.43. The van der Waals surface area contributed by atoms with Crippen LogP contribution in [0.25, 0.3) is 10.9 Å². The highest BCUT2D eigenvalue weighted by molar-refractivity contribution is 5.79. The zero-order valence-electron chi connectivity index (χ0n) is 18.3. The Kier molecular flexibility index (Phi) is 4.69. The van der Waals surface area contributed by atoms with E-state index in [4.69, 9.17) is 4.98 Å². The molecule has 0 fully saturated rings. The highest BCUT2D eigenvalue weighted by Gasteiger charge is 2.43. The van der Waals surface area contributed by atoms with Crippen LogP contribution >= 0.6 is 0 Å². The predicted molar refractivity (Wildman–Crippen MR) is 133 cm³/mol. The lowest BCUT2D eigenvalue weighted by molar-refractivity contribution is 0.423. The van der Waals surface area contributed by atoms with E-state index in [1.165, 1.54) is 22.3 Å². The maximum atomic E-state index is 13.2. The molecule has 160 valence electrons. The topological polar surface area (TPSA) is 34.9 Å². The van der Waals surface area contributed by atoms with Crippen LogP contribution in [-0.2, 0) is 24.8 Å². The van der Waals surface area contributed by atoms with Crippen molar-refractivity contribution in [1.29, 1.82) is 0 Å². The van der Waals surface area contributed by atoms with Crippen molar-refractivity contribution in [3.63, 3.8) is 0 Å². The van der Waals surface area contributed by atoms with Crippen molar-refractivity contribution >= 4 is 10.9 Å². The monoisotopic (exact) mass is 428 g/mol. The minimum Gasteiger partial charge on any atom is -0.324 e. The van der Waals surface area contributed by atoms with Crippen molar-refractivity contribution in [2.45, 2.75) is 24.8 Å². The molecule has 0 atom stereocenters. The smallest absolute Gasteiger partial charge is 0.280 e. The SMILES string of the molecule is O=c1nc2n(c3ccccc13)Cc1ccccc1C2(Cc1ccccc1)Cc1ccccc1. The summed E-state index contributed by atoms with van der Waals surface area (Å²) in [5, 5.41) is 0.675. The first-order chi connectivity index (χ1) is 16.2. The Bertz CT molecular complexity index is 1460. The van der Waals surface area contributed by atoms with Crippen molar-refractivity contribution in [3.8, 4) is 0 Å². The van der Waals surface area contributed by atoms with E-state index >= 15 is 0 Å². The van der Waals surface area contributed by atoms with E-state index in [2.05, 4.69) is 77.4 Å². The molecule has 1 aromatic heterocycles. The summed E-state index contributed by atoms with van der Waals surface area (Å²) in [4.78, 5) is 18.0. The molecule has 5 aromatic rings. The van der Waals surface area contributed by atoms with Gasteiger partial charge in [-0.1, -0.05) is 97.1 Å². The fourth-order valence-electron chi connectivity index (χ4n) is 5.46. The molecule has 0 aliphatic carbocycles. The van der Waals surface area contributed by atoms with Crippen LogP contribution < -0.4 is 5.56 Å². The molecule has 0 spiro atoms. The van der Waals surface area contributed by atoms with Crippen LogP contribution in [0.1, 0.15) is 28.1 Å². The molecular weight excluding hydrogens is 404 g/mol. The van der Waals surface area contributed by atoms with Crippen molar-refractivity contribution in [2.75, 3.05) is 0 Å². The third-order valence-electron chi connectivity index (χ3n) is 6.88. The molecule has 4 aromatic carbocycles. The molecule has 0 bridgehead atoms. The number of rotatable bonds is 4. The predicted octanol–water partition coefficient (Wildman–Crippen LogP) is 5.53. The van der Waals surface area contributed by atoms with Gasteiger partial charge in [-0.15, -0.1) is 0 Å². The molecule has 3 heteroatoms. The maximum absolute atomic E-state index is 13.2. The van der Waals surface area contributed by atoms with Crippen LogP contribution in [0.15, 0.2) is 114 Å². The minimum atomic E-state index is -0.458. The van der Waals surface area contributed by atoms with Gasteiger partial charge in [-0.05, 0) is 47.2 Å². The summed E-state index contributed by atoms with van der Waals surface area (Å²) in [6.45, 7) is 0.713. The van der Waals surface area contributed by atoms with Gasteiger partial charge in [0.2, 0.25) is 0 Å². The minimum absolute atomic E-state index is 0.151. The Morgan fingerprint density at radius 2 is 1.27 bits per heavy atom. The van der Waals surface area contributed by atoms with Gasteiger partial charge in [-0.25, -0.2) is 0 Å². The van der Waals surface area contributed by atoms with Crippen LogP contribution in [0.2, 0.25) is 0 Å². The third-order valence-corrected chi connectivity index (χ3v) is 6.88. The van der Waals surface area contributed by atoms with Crippen LogP contribution in [0, 0.1) is 0 Å². The van der Waals surface area contributed by atoms with Crippen molar-refractivity contribution in [1.82, 2.24) is 9.55 Å². The molecule has 6 rings (SSSR count). The molecule has 0 saturated heterocycles. The lowest BCUT2D eigenvalue weighted by atomic mass is 9.67. The number of nitrogens with zero attached hydrogens (tertiary/aromatic N) is 2. The van der Waals surface area contributed by atoms with Gasteiger partial charge >= 0.3 is 0 Å². The molecule has 0 saturated carbocycles. The van der Waals surface area contributed by atoms with Gasteiger partial charge in [0.05, 0.1) is 16.3 Å². The number of benzene rings is 4. The van der Waals surface area contributed by atoms with Crippen LogP contribution in [-0.4, -0.2) is 9.55 Å². The third kappa shape index (κ3) is 3.28. The lowest BCUT2D eigenvalue weighted by Gasteiger charge is -2.41. The summed E-state index contributed by atoms with van der Waals surface area (Å²) >= 11 is 0. The van der Waals surface area contributed by atoms with Gasteiger partial charge in [-0.2, -0.15) is 4.98 Å². The van der Waals surface area contributed by atoms with E-state index in [1.807, 2.05) is 36.4 Å². The second-order valence-electron chi connectivity index (χ2n) is 8.91. The molecule has 3 nitrogen and oxygen atoms in total. The molecule has 0 unspecified atom stereocenters. The van der Waals surface area contributed by atoms with E-state index in [0.717, 1.165) is 24.2 Å². The zero-order valence-corrected chi connectivity index (χ0v) is 18.3. The van der Waals surface area contributed by atoms with Crippen LogP contribution in [0.5, 0.6) is 0 Å². The molecule has 2 heterocycles. The number of fused-ring (bicyclic) bond motifs is 4. The average Bonchev–Trinajstić information content (AvgIpc) is 2.86. The highest BCUT2D eigenvalue weighted by atomic mass is 16.1. The number of para-hydroxylation sites is 1. The molecular formula is C30H24N2O. The normalized spacial score (nSPS) is 13.9. The first kappa shape index (κ1) is 19.7. The first-order valence-corrected chi connectivity index (χ1v) is 11.4. The number of hydrogen-bond acceptors (Lipinski definition) is 2. The van der Waals surface area contributed by atoms with Gasteiger partial charge < -0.3 is 4.57 Å². The number of hydrogen-bond donors (Lipinski definition) is 0. The van der Waals surface area contributed by atoms with Crippen LogP contribution in [0.3, 0.4) is 0 Å². The largest absolute Gasteiger partial charge is 0.324 e. The molecule has 1 aliphatic heterocycles. The summed E-state index contributed by atoms with van der Waals surface area (Å²) in [6, 6.07) is 37.6. The second-order valence-corrected chi connectivity index (χ2v) is 8.91. The summed E-state index contributed by atoms with van der Waals surface area (Å²) in [6.07, 6.45) is 1.54. The van der Waals surface area contributed by atoms with Gasteiger partial charge in [0.25, 0.3) is 5.56 Å². The van der Waals surface area contributed by atoms with Crippen molar-refractivity contribution in [3.05, 3.63) is 148 Å². The summed E-state index contributed by atoms with van der Waals surface area (Å²) in [5.74, 6) is 0.859. The van der Waals surface area contributed by atoms with E-state index in [9.17, 15) is 4.79 Å². The Morgan fingerprint density at radius 1 is 0.697 bits per heavy atom. The first-order valence-electron chi connectivity index (χ1n) is 11.4.